The van der Waals surface area contributed by atoms with Crippen molar-refractivity contribution >= 4 is 16.9 Å². The first kappa shape index (κ1) is 14.9. The maximum atomic E-state index is 5.56. The Morgan fingerprint density at radius 3 is 2.76 bits per heavy atom. The van der Waals surface area contributed by atoms with E-state index in [0.717, 1.165) is 42.6 Å². The fourth-order valence-electron chi connectivity index (χ4n) is 4.06. The molecule has 0 amide bonds. The van der Waals surface area contributed by atoms with Crippen molar-refractivity contribution in [1.82, 2.24) is 25.2 Å². The Bertz CT molecular complexity index is 901. The van der Waals surface area contributed by atoms with Crippen LogP contribution in [-0.2, 0) is 0 Å². The van der Waals surface area contributed by atoms with Crippen molar-refractivity contribution in [2.24, 2.45) is 11.8 Å². The second-order valence-corrected chi connectivity index (χ2v) is 7.44. The first-order valence-corrected chi connectivity index (χ1v) is 8.96. The normalized spacial score (nSPS) is 23.1. The lowest BCUT2D eigenvalue weighted by atomic mass is 10.0. The minimum atomic E-state index is 0.311. The summed E-state index contributed by atoms with van der Waals surface area (Å²) in [7, 11) is 0. The maximum absolute atomic E-state index is 5.56. The fraction of sp³-hybridized carbons (Fsp3) is 0.500. The third kappa shape index (κ3) is 2.41. The number of nitrogens with one attached hydrogen (secondary N) is 1. The van der Waals surface area contributed by atoms with Crippen molar-refractivity contribution in [2.75, 3.05) is 31.1 Å². The second kappa shape index (κ2) is 5.56. The van der Waals surface area contributed by atoms with Crippen LogP contribution in [0.1, 0.15) is 19.9 Å². The van der Waals surface area contributed by atoms with Crippen LogP contribution in [0.5, 0.6) is 0 Å². The first-order valence-electron chi connectivity index (χ1n) is 8.96. The summed E-state index contributed by atoms with van der Waals surface area (Å²) < 4.78 is 7.58. The van der Waals surface area contributed by atoms with Crippen LogP contribution in [-0.4, -0.2) is 46.1 Å². The molecular formula is C18H22N6O. The van der Waals surface area contributed by atoms with Crippen molar-refractivity contribution in [3.63, 3.8) is 0 Å². The third-order valence-corrected chi connectivity index (χ3v) is 5.42. The monoisotopic (exact) mass is 338 g/mol. The highest BCUT2D eigenvalue weighted by Gasteiger charge is 2.38. The summed E-state index contributed by atoms with van der Waals surface area (Å²) in [4.78, 5) is 6.88. The van der Waals surface area contributed by atoms with Gasteiger partial charge in [0.1, 0.15) is 0 Å². The molecule has 130 valence electrons. The van der Waals surface area contributed by atoms with E-state index in [1.165, 1.54) is 0 Å². The van der Waals surface area contributed by atoms with Gasteiger partial charge in [-0.3, -0.25) is 4.68 Å². The first-order chi connectivity index (χ1) is 12.2. The van der Waals surface area contributed by atoms with Gasteiger partial charge in [-0.25, -0.2) is 0 Å². The molecule has 0 spiro atoms. The minimum Gasteiger partial charge on any atom is -0.324 e. The molecule has 2 saturated heterocycles. The van der Waals surface area contributed by atoms with Gasteiger partial charge in [0.05, 0.1) is 11.7 Å². The molecule has 4 heterocycles. The molecule has 2 atom stereocenters. The molecule has 1 N–H and O–H groups in total. The van der Waals surface area contributed by atoms with Gasteiger partial charge < -0.3 is 14.7 Å². The molecule has 2 aromatic heterocycles. The van der Waals surface area contributed by atoms with Gasteiger partial charge in [-0.2, -0.15) is 10.1 Å². The Labute approximate surface area is 146 Å². The van der Waals surface area contributed by atoms with Gasteiger partial charge in [0.25, 0.3) is 0 Å². The molecular weight excluding hydrogens is 316 g/mol. The van der Waals surface area contributed by atoms with Gasteiger partial charge in [-0.15, -0.1) is 0 Å². The van der Waals surface area contributed by atoms with Crippen LogP contribution in [0.15, 0.2) is 28.9 Å². The molecule has 2 aliphatic heterocycles. The highest BCUT2D eigenvalue weighted by Crippen LogP contribution is 2.31. The van der Waals surface area contributed by atoms with Gasteiger partial charge in [0.2, 0.25) is 5.82 Å². The van der Waals surface area contributed by atoms with Crippen LogP contribution in [0.25, 0.3) is 22.3 Å². The lowest BCUT2D eigenvalue weighted by Gasteiger charge is -2.12. The van der Waals surface area contributed by atoms with Crippen LogP contribution in [0.2, 0.25) is 0 Å². The standard InChI is InChI=1S/C18H22N6O/c1-11(2)24-16-5-12(3-4-13(16)8-20-24)17-21-18(25-22-17)23-9-14-6-19-7-15(14)10-23/h3-5,8,11,14-15,19H,6-7,9-10H2,1-2H3/t14-,15+. The van der Waals surface area contributed by atoms with E-state index >= 15 is 0 Å². The van der Waals surface area contributed by atoms with E-state index in [2.05, 4.69) is 51.4 Å². The Morgan fingerprint density at radius 1 is 1.20 bits per heavy atom. The smallest absolute Gasteiger partial charge is 0.324 e. The molecule has 3 aromatic rings. The number of fused-ring (bicyclic) bond motifs is 2. The number of rotatable bonds is 3. The van der Waals surface area contributed by atoms with Gasteiger partial charge in [0, 0.05) is 43.2 Å². The molecule has 7 heteroatoms. The summed E-state index contributed by atoms with van der Waals surface area (Å²) in [6.45, 7) is 8.45. The molecule has 1 aromatic carbocycles. The van der Waals surface area contributed by atoms with Crippen LogP contribution >= 0.6 is 0 Å². The van der Waals surface area contributed by atoms with Crippen LogP contribution in [0.4, 0.5) is 6.01 Å². The van der Waals surface area contributed by atoms with Crippen molar-refractivity contribution < 1.29 is 4.52 Å². The van der Waals surface area contributed by atoms with Gasteiger partial charge in [0.15, 0.2) is 0 Å². The fourth-order valence-corrected chi connectivity index (χ4v) is 4.06. The highest BCUT2D eigenvalue weighted by atomic mass is 16.5. The van der Waals surface area contributed by atoms with Crippen molar-refractivity contribution in [3.8, 4) is 11.4 Å². The summed E-state index contributed by atoms with van der Waals surface area (Å²) in [6, 6.07) is 7.15. The van der Waals surface area contributed by atoms with E-state index < -0.39 is 0 Å². The molecule has 2 aliphatic rings. The Morgan fingerprint density at radius 2 is 2.00 bits per heavy atom. The topological polar surface area (TPSA) is 72.0 Å². The summed E-state index contributed by atoms with van der Waals surface area (Å²) in [5.41, 5.74) is 2.06. The Kier molecular flexibility index (Phi) is 3.31. The number of benzene rings is 1. The minimum absolute atomic E-state index is 0.311. The van der Waals surface area contributed by atoms with Gasteiger partial charge in [-0.05, 0) is 31.7 Å². The molecule has 25 heavy (non-hydrogen) atoms. The van der Waals surface area contributed by atoms with Crippen LogP contribution in [0.3, 0.4) is 0 Å². The number of anilines is 1. The van der Waals surface area contributed by atoms with Crippen molar-refractivity contribution in [3.05, 3.63) is 24.4 Å². The SMILES string of the molecule is CC(C)n1ncc2ccc(-c3noc(N4C[C@H]5CNC[C@H]5C4)n3)cc21. The number of nitrogens with zero attached hydrogens (tertiary/aromatic N) is 5. The zero-order chi connectivity index (χ0) is 17.0. The molecule has 0 aliphatic carbocycles. The zero-order valence-corrected chi connectivity index (χ0v) is 14.5. The van der Waals surface area contributed by atoms with Gasteiger partial charge in [-0.1, -0.05) is 17.3 Å². The average molecular weight is 338 g/mol. The summed E-state index contributed by atoms with van der Waals surface area (Å²) in [6.07, 6.45) is 1.90. The largest absolute Gasteiger partial charge is 0.324 e. The number of hydrogen-bond donors (Lipinski definition) is 1. The lowest BCUT2D eigenvalue weighted by molar-refractivity contribution is 0.417. The molecule has 0 unspecified atom stereocenters. The van der Waals surface area contributed by atoms with Crippen molar-refractivity contribution in [2.45, 2.75) is 19.9 Å². The summed E-state index contributed by atoms with van der Waals surface area (Å²) in [5.74, 6) is 2.04. The van der Waals surface area contributed by atoms with E-state index in [9.17, 15) is 0 Å². The quantitative estimate of drug-likeness (QED) is 0.790. The summed E-state index contributed by atoms with van der Waals surface area (Å²) >= 11 is 0. The van der Waals surface area contributed by atoms with E-state index in [4.69, 9.17) is 4.52 Å². The number of hydrogen-bond acceptors (Lipinski definition) is 6. The molecule has 0 bridgehead atoms. The Hall–Kier alpha value is -2.41. The highest BCUT2D eigenvalue weighted by molar-refractivity contribution is 5.83. The van der Waals surface area contributed by atoms with Crippen LogP contribution < -0.4 is 10.2 Å². The maximum Gasteiger partial charge on any atom is 0.324 e. The zero-order valence-electron chi connectivity index (χ0n) is 14.5. The molecule has 0 saturated carbocycles. The summed E-state index contributed by atoms with van der Waals surface area (Å²) in [5, 5.41) is 13.3. The Balaban J connectivity index is 1.45. The average Bonchev–Trinajstić information content (AvgIpc) is 3.34. The molecule has 0 radical (unpaired) electrons. The predicted octanol–water partition coefficient (Wildman–Crippen LogP) is 2.32. The van der Waals surface area contributed by atoms with Crippen LogP contribution in [0, 0.1) is 11.8 Å². The van der Waals surface area contributed by atoms with Gasteiger partial charge >= 0.3 is 6.01 Å². The van der Waals surface area contributed by atoms with E-state index in [1.54, 1.807) is 0 Å². The van der Waals surface area contributed by atoms with E-state index in [0.29, 0.717) is 29.7 Å². The lowest BCUT2D eigenvalue weighted by Crippen LogP contribution is -2.25. The molecule has 2 fully saturated rings. The van der Waals surface area contributed by atoms with E-state index in [1.807, 2.05) is 16.9 Å². The van der Waals surface area contributed by atoms with Crippen molar-refractivity contribution in [1.29, 1.82) is 0 Å². The second-order valence-electron chi connectivity index (χ2n) is 7.44. The molecule has 5 rings (SSSR count). The number of aromatic nitrogens is 4. The molecule has 7 nitrogen and oxygen atoms in total. The van der Waals surface area contributed by atoms with E-state index in [-0.39, 0.29) is 0 Å². The predicted molar refractivity (Wildman–Crippen MR) is 95.5 cm³/mol. The third-order valence-electron chi connectivity index (χ3n) is 5.42.